The summed E-state index contributed by atoms with van der Waals surface area (Å²) >= 11 is 0. The number of morpholine rings is 1. The molecule has 3 aromatic carbocycles. The standard InChI is InChI=1S/C31H30N4O2/c1-20(35-14-16-37-17-15-35)22-9-6-21(7-10-22)8-13-27-24-12-11-23(18-29(24)34-33-27)26-19-31(26)25-4-2-3-5-28(25)32-30(31)36/h2-13,18,20,26H,14-17,19H2,1H3,(H,32,36)(H,33,34)/b13-8+/t20-,26-,31-/m0/s1. The van der Waals surface area contributed by atoms with Gasteiger partial charge in [0.25, 0.3) is 0 Å². The van der Waals surface area contributed by atoms with Crippen LogP contribution in [0.25, 0.3) is 23.1 Å². The Morgan fingerprint density at radius 2 is 1.86 bits per heavy atom. The molecule has 0 unspecified atom stereocenters. The smallest absolute Gasteiger partial charge is 0.235 e. The largest absolute Gasteiger partial charge is 0.379 e. The van der Waals surface area contributed by atoms with Crippen LogP contribution in [-0.4, -0.2) is 47.3 Å². The van der Waals surface area contributed by atoms with Gasteiger partial charge >= 0.3 is 0 Å². The van der Waals surface area contributed by atoms with Crippen molar-refractivity contribution in [1.29, 1.82) is 0 Å². The Labute approximate surface area is 216 Å². The average molecular weight is 491 g/mol. The Morgan fingerprint density at radius 1 is 1.05 bits per heavy atom. The number of anilines is 1. The SMILES string of the molecule is C[C@@H](c1ccc(/C=C/c2n[nH]c3cc([C@@H]4C[C@@]45C(=O)Nc4ccccc45)ccc23)cc1)N1CCOCC1. The van der Waals surface area contributed by atoms with Gasteiger partial charge in [0.05, 0.1) is 29.8 Å². The van der Waals surface area contributed by atoms with Gasteiger partial charge in [0, 0.05) is 36.1 Å². The molecule has 1 saturated carbocycles. The number of aromatic amines is 1. The Bertz CT molecular complexity index is 1520. The first-order chi connectivity index (χ1) is 18.1. The van der Waals surface area contributed by atoms with Crippen molar-refractivity contribution < 1.29 is 9.53 Å². The molecule has 1 saturated heterocycles. The Balaban J connectivity index is 1.08. The number of fused-ring (bicyclic) bond motifs is 3. The van der Waals surface area contributed by atoms with E-state index >= 15 is 0 Å². The van der Waals surface area contributed by atoms with Crippen molar-refractivity contribution in [2.75, 3.05) is 31.6 Å². The predicted molar refractivity (Wildman–Crippen MR) is 146 cm³/mol. The monoisotopic (exact) mass is 490 g/mol. The Kier molecular flexibility index (Phi) is 5.27. The van der Waals surface area contributed by atoms with Crippen molar-refractivity contribution in [3.8, 4) is 0 Å². The number of para-hydroxylation sites is 1. The maximum Gasteiger partial charge on any atom is 0.235 e. The molecule has 3 heterocycles. The molecular weight excluding hydrogens is 460 g/mol. The van der Waals surface area contributed by atoms with E-state index in [0.29, 0.717) is 6.04 Å². The molecule has 1 aromatic heterocycles. The summed E-state index contributed by atoms with van der Waals surface area (Å²) in [6.07, 6.45) is 5.03. The number of carbonyl (C=O) groups is 1. The first kappa shape index (κ1) is 22.5. The predicted octanol–water partition coefficient (Wildman–Crippen LogP) is 5.50. The van der Waals surface area contributed by atoms with Crippen LogP contribution in [-0.2, 0) is 14.9 Å². The van der Waals surface area contributed by atoms with Crippen LogP contribution in [0.4, 0.5) is 5.69 Å². The van der Waals surface area contributed by atoms with E-state index in [4.69, 9.17) is 4.74 Å². The number of H-pyrrole nitrogens is 1. The number of ether oxygens (including phenoxy) is 1. The van der Waals surface area contributed by atoms with Gasteiger partial charge in [-0.2, -0.15) is 5.10 Å². The molecule has 0 radical (unpaired) electrons. The van der Waals surface area contributed by atoms with Crippen molar-refractivity contribution in [2.45, 2.75) is 30.7 Å². The van der Waals surface area contributed by atoms with Crippen molar-refractivity contribution in [1.82, 2.24) is 15.1 Å². The molecule has 7 rings (SSSR count). The first-order valence-corrected chi connectivity index (χ1v) is 13.1. The first-order valence-electron chi connectivity index (χ1n) is 13.1. The van der Waals surface area contributed by atoms with Crippen LogP contribution in [0.2, 0.25) is 0 Å². The fraction of sp³-hybridized carbons (Fsp3) is 0.290. The molecule has 1 amide bonds. The molecule has 3 aliphatic rings. The van der Waals surface area contributed by atoms with Crippen LogP contribution in [0.3, 0.4) is 0 Å². The Hall–Kier alpha value is -3.74. The molecule has 0 bridgehead atoms. The molecule has 2 fully saturated rings. The second-order valence-electron chi connectivity index (χ2n) is 10.5. The van der Waals surface area contributed by atoms with Gasteiger partial charge in [-0.05, 0) is 53.8 Å². The number of nitrogens with one attached hydrogen (secondary N) is 2. The second kappa shape index (κ2) is 8.68. The van der Waals surface area contributed by atoms with E-state index in [2.05, 4.69) is 88.0 Å². The molecule has 6 nitrogen and oxygen atoms in total. The summed E-state index contributed by atoms with van der Waals surface area (Å²) in [5, 5.41) is 11.9. The topological polar surface area (TPSA) is 70.2 Å². The molecule has 2 aliphatic heterocycles. The van der Waals surface area contributed by atoms with Gasteiger partial charge in [-0.15, -0.1) is 0 Å². The van der Waals surface area contributed by atoms with Crippen molar-refractivity contribution in [3.63, 3.8) is 0 Å². The lowest BCUT2D eigenvalue weighted by atomic mass is 9.92. The number of amides is 1. The van der Waals surface area contributed by atoms with Gasteiger partial charge in [-0.3, -0.25) is 14.8 Å². The molecule has 37 heavy (non-hydrogen) atoms. The number of benzene rings is 3. The van der Waals surface area contributed by atoms with Crippen LogP contribution in [0.5, 0.6) is 0 Å². The molecule has 1 spiro atoms. The number of hydrogen-bond acceptors (Lipinski definition) is 4. The molecule has 3 atom stereocenters. The zero-order valence-corrected chi connectivity index (χ0v) is 20.9. The van der Waals surface area contributed by atoms with E-state index in [9.17, 15) is 4.79 Å². The van der Waals surface area contributed by atoms with E-state index < -0.39 is 5.41 Å². The van der Waals surface area contributed by atoms with Gasteiger partial charge in [0.2, 0.25) is 5.91 Å². The van der Waals surface area contributed by atoms with Crippen molar-refractivity contribution >= 4 is 34.6 Å². The van der Waals surface area contributed by atoms with Gasteiger partial charge in [0.15, 0.2) is 0 Å². The number of nitrogens with zero attached hydrogens (tertiary/aromatic N) is 2. The summed E-state index contributed by atoms with van der Waals surface area (Å²) in [6, 6.07) is 23.7. The van der Waals surface area contributed by atoms with E-state index in [1.165, 1.54) is 11.1 Å². The van der Waals surface area contributed by atoms with Crippen molar-refractivity contribution in [2.24, 2.45) is 0 Å². The van der Waals surface area contributed by atoms with Gasteiger partial charge < -0.3 is 10.1 Å². The second-order valence-corrected chi connectivity index (χ2v) is 10.5. The zero-order valence-electron chi connectivity index (χ0n) is 20.9. The molecular formula is C31H30N4O2. The van der Waals surface area contributed by atoms with E-state index in [1.54, 1.807) is 0 Å². The summed E-state index contributed by atoms with van der Waals surface area (Å²) in [5.74, 6) is 0.318. The third-order valence-electron chi connectivity index (χ3n) is 8.49. The fourth-order valence-electron chi connectivity index (χ4n) is 6.19. The zero-order chi connectivity index (χ0) is 25.0. The minimum Gasteiger partial charge on any atom is -0.379 e. The van der Waals surface area contributed by atoms with E-state index in [1.807, 2.05) is 18.2 Å². The maximum absolute atomic E-state index is 12.9. The van der Waals surface area contributed by atoms with Crippen LogP contribution >= 0.6 is 0 Å². The minimum atomic E-state index is -0.418. The van der Waals surface area contributed by atoms with Crippen LogP contribution in [0, 0.1) is 0 Å². The number of hydrogen-bond donors (Lipinski definition) is 2. The van der Waals surface area contributed by atoms with Crippen LogP contribution in [0.15, 0.2) is 66.7 Å². The lowest BCUT2D eigenvalue weighted by Crippen LogP contribution is -2.37. The Morgan fingerprint density at radius 3 is 2.70 bits per heavy atom. The molecule has 1 aliphatic carbocycles. The highest BCUT2D eigenvalue weighted by Crippen LogP contribution is 2.64. The lowest BCUT2D eigenvalue weighted by Gasteiger charge is -2.32. The average Bonchev–Trinajstić information content (AvgIpc) is 3.48. The highest BCUT2D eigenvalue weighted by Gasteiger charge is 2.65. The van der Waals surface area contributed by atoms with Gasteiger partial charge in [-0.25, -0.2) is 0 Å². The molecule has 2 N–H and O–H groups in total. The highest BCUT2D eigenvalue weighted by molar-refractivity contribution is 6.09. The van der Waals surface area contributed by atoms with Crippen LogP contribution < -0.4 is 5.32 Å². The van der Waals surface area contributed by atoms with Gasteiger partial charge in [0.1, 0.15) is 0 Å². The number of carbonyl (C=O) groups excluding carboxylic acids is 1. The summed E-state index contributed by atoms with van der Waals surface area (Å²) in [5.41, 5.74) is 7.24. The highest BCUT2D eigenvalue weighted by atomic mass is 16.5. The summed E-state index contributed by atoms with van der Waals surface area (Å²) in [7, 11) is 0. The molecule has 4 aromatic rings. The molecule has 186 valence electrons. The quantitative estimate of drug-likeness (QED) is 0.387. The maximum atomic E-state index is 12.9. The third kappa shape index (κ3) is 3.71. The van der Waals surface area contributed by atoms with E-state index in [0.717, 1.165) is 66.1 Å². The number of aromatic nitrogens is 2. The van der Waals surface area contributed by atoms with Crippen LogP contribution in [0.1, 0.15) is 53.3 Å². The summed E-state index contributed by atoms with van der Waals surface area (Å²) in [6.45, 7) is 5.86. The minimum absolute atomic E-state index is 0.123. The molecule has 6 heteroatoms. The van der Waals surface area contributed by atoms with Crippen molar-refractivity contribution in [3.05, 3.63) is 94.7 Å². The van der Waals surface area contributed by atoms with E-state index in [-0.39, 0.29) is 11.8 Å². The number of rotatable bonds is 5. The van der Waals surface area contributed by atoms with Gasteiger partial charge in [-0.1, -0.05) is 60.7 Å². The normalized spacial score (nSPS) is 24.0. The fourth-order valence-corrected chi connectivity index (χ4v) is 6.19. The third-order valence-corrected chi connectivity index (χ3v) is 8.49. The lowest BCUT2D eigenvalue weighted by molar-refractivity contribution is -0.118. The summed E-state index contributed by atoms with van der Waals surface area (Å²) < 4.78 is 5.49. The summed E-state index contributed by atoms with van der Waals surface area (Å²) in [4.78, 5) is 15.3.